The van der Waals surface area contributed by atoms with Crippen LogP contribution in [0.15, 0.2) is 28.7 Å². The summed E-state index contributed by atoms with van der Waals surface area (Å²) in [5, 5.41) is 11.3. The van der Waals surface area contributed by atoms with Crippen molar-refractivity contribution < 1.29 is 4.79 Å². The van der Waals surface area contributed by atoms with Crippen LogP contribution in [-0.2, 0) is 19.5 Å². The number of halogens is 1. The normalized spacial score (nSPS) is 15.3. The van der Waals surface area contributed by atoms with Crippen LogP contribution in [0, 0.1) is 12.3 Å². The summed E-state index contributed by atoms with van der Waals surface area (Å²) in [5.74, 6) is 2.30. The summed E-state index contributed by atoms with van der Waals surface area (Å²) >= 11 is 5.36. The Labute approximate surface area is 170 Å². The van der Waals surface area contributed by atoms with Crippen molar-refractivity contribution >= 4 is 43.3 Å². The maximum atomic E-state index is 12.3. The molecule has 1 aromatic carbocycles. The van der Waals surface area contributed by atoms with Gasteiger partial charge in [0.2, 0.25) is 0 Å². The Balaban J connectivity index is 1.47. The van der Waals surface area contributed by atoms with Crippen molar-refractivity contribution in [2.24, 2.45) is 0 Å². The molecule has 3 aromatic rings. The molecule has 2 N–H and O–H groups in total. The lowest BCUT2D eigenvalue weighted by Crippen LogP contribution is -2.34. The maximum Gasteiger partial charge on any atom is 0.273 e. The second kappa shape index (κ2) is 7.47. The molecule has 1 unspecified atom stereocenters. The molecule has 1 amide bonds. The van der Waals surface area contributed by atoms with Crippen LogP contribution in [0.2, 0.25) is 0 Å². The minimum Gasteiger partial charge on any atom is -0.337 e. The van der Waals surface area contributed by atoms with Gasteiger partial charge in [-0.25, -0.2) is 0 Å². The summed E-state index contributed by atoms with van der Waals surface area (Å²) in [5.41, 5.74) is 2.50. The summed E-state index contributed by atoms with van der Waals surface area (Å²) in [6.45, 7) is 4.33. The average molecular weight is 443 g/mol. The van der Waals surface area contributed by atoms with E-state index in [0.717, 1.165) is 41.8 Å². The molecule has 0 bridgehead atoms. The number of nitrogens with zero attached hydrogens (tertiary/aromatic N) is 2. The third-order valence-corrected chi connectivity index (χ3v) is 6.31. The fraction of sp³-hybridized carbons (Fsp3) is 0.300. The summed E-state index contributed by atoms with van der Waals surface area (Å²) in [4.78, 5) is 16.1. The molecule has 1 aliphatic rings. The van der Waals surface area contributed by atoms with Gasteiger partial charge >= 0.3 is 0 Å². The number of carbonyl (C=O) groups is 1. The molecule has 1 aliphatic heterocycles. The van der Waals surface area contributed by atoms with Gasteiger partial charge in [-0.3, -0.25) is 14.8 Å². The minimum atomic E-state index is -0.307. The number of fused-ring (bicyclic) bond motifs is 2. The van der Waals surface area contributed by atoms with Gasteiger partial charge in [0.15, 0.2) is 5.69 Å². The van der Waals surface area contributed by atoms with Gasteiger partial charge in [0.1, 0.15) is 0 Å². The Morgan fingerprint density at radius 2 is 2.37 bits per heavy atom. The van der Waals surface area contributed by atoms with E-state index in [1.54, 1.807) is 6.92 Å². The van der Waals surface area contributed by atoms with Crippen molar-refractivity contribution in [2.75, 3.05) is 6.54 Å². The molecular weight excluding hydrogens is 424 g/mol. The van der Waals surface area contributed by atoms with Crippen LogP contribution in [0.3, 0.4) is 0 Å². The van der Waals surface area contributed by atoms with Gasteiger partial charge < -0.3 is 5.32 Å². The van der Waals surface area contributed by atoms with E-state index >= 15 is 0 Å². The summed E-state index contributed by atoms with van der Waals surface area (Å²) in [7, 11) is 0. The highest BCUT2D eigenvalue weighted by atomic mass is 79.9. The number of thiophene rings is 1. The molecule has 0 fully saturated rings. The predicted molar refractivity (Wildman–Crippen MR) is 112 cm³/mol. The van der Waals surface area contributed by atoms with Crippen LogP contribution in [0.1, 0.15) is 33.5 Å². The Bertz CT molecular complexity index is 1050. The number of benzene rings is 1. The van der Waals surface area contributed by atoms with E-state index in [4.69, 9.17) is 6.42 Å². The zero-order valence-electron chi connectivity index (χ0n) is 14.9. The Morgan fingerprint density at radius 1 is 1.52 bits per heavy atom. The fourth-order valence-electron chi connectivity index (χ4n) is 3.36. The van der Waals surface area contributed by atoms with Crippen LogP contribution < -0.4 is 5.32 Å². The minimum absolute atomic E-state index is 0.207. The Kier molecular flexibility index (Phi) is 5.04. The topological polar surface area (TPSA) is 61.0 Å². The van der Waals surface area contributed by atoms with Crippen molar-refractivity contribution in [1.29, 1.82) is 0 Å². The zero-order valence-corrected chi connectivity index (χ0v) is 17.3. The monoisotopic (exact) mass is 442 g/mol. The molecule has 2 aromatic heterocycles. The molecule has 0 spiro atoms. The Hall–Kier alpha value is -2.14. The molecule has 3 heterocycles. The second-order valence-corrected chi connectivity index (χ2v) is 8.83. The van der Waals surface area contributed by atoms with E-state index in [0.29, 0.717) is 5.69 Å². The van der Waals surface area contributed by atoms with Gasteiger partial charge in [0.05, 0.1) is 11.7 Å². The van der Waals surface area contributed by atoms with E-state index < -0.39 is 0 Å². The number of hydrogen-bond acceptors (Lipinski definition) is 4. The third kappa shape index (κ3) is 3.79. The van der Waals surface area contributed by atoms with Crippen molar-refractivity contribution in [2.45, 2.75) is 32.5 Å². The molecule has 7 heteroatoms. The molecular formula is C20H19BrN4OS. The number of aromatic amines is 1. The lowest BCUT2D eigenvalue weighted by Gasteiger charge is -2.26. The van der Waals surface area contributed by atoms with E-state index in [2.05, 4.69) is 66.5 Å². The number of aromatic nitrogens is 2. The van der Waals surface area contributed by atoms with Crippen molar-refractivity contribution in [3.63, 3.8) is 0 Å². The van der Waals surface area contributed by atoms with Crippen LogP contribution in [-0.4, -0.2) is 33.6 Å². The first-order valence-electron chi connectivity index (χ1n) is 8.77. The SMILES string of the molecule is C#CC(C)NC(=O)c1n[nH]c2c1CCN(Cc1cc3ccc(Br)cc3s1)C2. The van der Waals surface area contributed by atoms with Crippen molar-refractivity contribution in [3.8, 4) is 12.3 Å². The highest BCUT2D eigenvalue weighted by Crippen LogP contribution is 2.30. The summed E-state index contributed by atoms with van der Waals surface area (Å²) < 4.78 is 2.40. The quantitative estimate of drug-likeness (QED) is 0.605. The molecule has 0 saturated heterocycles. The molecule has 4 rings (SSSR count). The van der Waals surface area contributed by atoms with Crippen molar-refractivity contribution in [3.05, 3.63) is 50.6 Å². The molecule has 1 atom stereocenters. The fourth-order valence-corrected chi connectivity index (χ4v) is 5.02. The zero-order chi connectivity index (χ0) is 19.0. The molecule has 138 valence electrons. The van der Waals surface area contributed by atoms with Crippen LogP contribution in [0.5, 0.6) is 0 Å². The summed E-state index contributed by atoms with van der Waals surface area (Å²) in [6.07, 6.45) is 6.14. The number of terminal acetylenes is 1. The molecule has 27 heavy (non-hydrogen) atoms. The molecule has 5 nitrogen and oxygen atoms in total. The van der Waals surface area contributed by atoms with Gasteiger partial charge in [-0.1, -0.05) is 27.9 Å². The van der Waals surface area contributed by atoms with Crippen molar-refractivity contribution in [1.82, 2.24) is 20.4 Å². The van der Waals surface area contributed by atoms with Gasteiger partial charge in [-0.05, 0) is 36.9 Å². The van der Waals surface area contributed by atoms with Crippen LogP contribution in [0.25, 0.3) is 10.1 Å². The molecule has 0 saturated carbocycles. The van der Waals surface area contributed by atoms with E-state index in [-0.39, 0.29) is 11.9 Å². The first-order chi connectivity index (χ1) is 13.0. The first-order valence-corrected chi connectivity index (χ1v) is 10.4. The number of hydrogen-bond donors (Lipinski definition) is 2. The maximum absolute atomic E-state index is 12.3. The molecule has 0 radical (unpaired) electrons. The smallest absolute Gasteiger partial charge is 0.273 e. The molecule has 0 aliphatic carbocycles. The largest absolute Gasteiger partial charge is 0.337 e. The van der Waals surface area contributed by atoms with E-state index in [9.17, 15) is 4.79 Å². The highest BCUT2D eigenvalue weighted by molar-refractivity contribution is 9.10. The first kappa shape index (κ1) is 18.2. The average Bonchev–Trinajstić information content (AvgIpc) is 3.24. The number of rotatable bonds is 4. The standard InChI is InChI=1S/C20H19BrN4OS/c1-3-12(2)22-20(26)19-16-6-7-25(11-17(16)23-24-19)10-15-8-13-4-5-14(21)9-18(13)27-15/h1,4-5,8-9,12H,6-7,10-11H2,2H3,(H,22,26)(H,23,24). The summed E-state index contributed by atoms with van der Waals surface area (Å²) in [6, 6.07) is 8.33. The number of carbonyl (C=O) groups excluding carboxylic acids is 1. The number of H-pyrrole nitrogens is 1. The van der Waals surface area contributed by atoms with Crippen LogP contribution in [0.4, 0.5) is 0 Å². The lowest BCUT2D eigenvalue weighted by molar-refractivity contribution is 0.0941. The van der Waals surface area contributed by atoms with Gasteiger partial charge in [-0.2, -0.15) is 5.10 Å². The van der Waals surface area contributed by atoms with Crippen LogP contribution >= 0.6 is 27.3 Å². The Morgan fingerprint density at radius 3 is 3.19 bits per heavy atom. The van der Waals surface area contributed by atoms with E-state index in [1.165, 1.54) is 15.0 Å². The predicted octanol–water partition coefficient (Wildman–Crippen LogP) is 3.70. The lowest BCUT2D eigenvalue weighted by atomic mass is 10.0. The van der Waals surface area contributed by atoms with E-state index in [1.807, 2.05) is 11.3 Å². The second-order valence-electron chi connectivity index (χ2n) is 6.75. The van der Waals surface area contributed by atoms with Gasteiger partial charge in [0.25, 0.3) is 5.91 Å². The third-order valence-electron chi connectivity index (χ3n) is 4.74. The number of amides is 1. The van der Waals surface area contributed by atoms with Gasteiger partial charge in [-0.15, -0.1) is 17.8 Å². The number of nitrogens with one attached hydrogen (secondary N) is 2. The van der Waals surface area contributed by atoms with Gasteiger partial charge in [0, 0.05) is 39.2 Å². The highest BCUT2D eigenvalue weighted by Gasteiger charge is 2.25.